The molecule has 0 saturated heterocycles. The minimum absolute atomic E-state index is 0.00871. The molecule has 1 aliphatic carbocycles. The number of carbonyl (C=O) groups excluding carboxylic acids is 2. The Balaban J connectivity index is 2.53. The molecule has 7 nitrogen and oxygen atoms in total. The Hall–Kier alpha value is -2.27. The van der Waals surface area contributed by atoms with Gasteiger partial charge in [-0.1, -0.05) is 31.6 Å². The molecular formula is C30H45F2N3O4S. The number of rotatable bonds is 17. The van der Waals surface area contributed by atoms with Gasteiger partial charge in [-0.25, -0.2) is 8.78 Å². The van der Waals surface area contributed by atoms with Crippen molar-refractivity contribution in [3.8, 4) is 0 Å². The molecule has 0 saturated carbocycles. The number of nitrogens with zero attached hydrogens (tertiary/aromatic N) is 1. The minimum atomic E-state index is -1.49. The first-order valence-corrected chi connectivity index (χ1v) is 15.4. The van der Waals surface area contributed by atoms with Crippen LogP contribution in [0.5, 0.6) is 0 Å². The number of benzene rings is 1. The second-order valence-electron chi connectivity index (χ2n) is 10.7. The topological polar surface area (TPSA) is 116 Å². The Morgan fingerprint density at radius 3 is 2.33 bits per heavy atom. The zero-order valence-electron chi connectivity index (χ0n) is 24.1. The maximum Gasteiger partial charge on any atom is 0.249 e. The Morgan fingerprint density at radius 1 is 1.18 bits per heavy atom. The molecule has 1 aliphatic rings. The van der Waals surface area contributed by atoms with Crippen molar-refractivity contribution in [3.63, 3.8) is 0 Å². The van der Waals surface area contributed by atoms with Crippen LogP contribution in [0.1, 0.15) is 52.0 Å². The first kappa shape index (κ1) is 33.9. The molecule has 0 heterocycles. The molecular weight excluding hydrogens is 536 g/mol. The van der Waals surface area contributed by atoms with E-state index < -0.39 is 35.0 Å². The van der Waals surface area contributed by atoms with Crippen LogP contribution in [0.15, 0.2) is 41.5 Å². The molecule has 224 valence electrons. The van der Waals surface area contributed by atoms with Crippen molar-refractivity contribution in [1.29, 1.82) is 0 Å². The van der Waals surface area contributed by atoms with E-state index in [4.69, 9.17) is 5.73 Å². The molecule has 2 amide bonds. The predicted molar refractivity (Wildman–Crippen MR) is 157 cm³/mol. The molecule has 10 heteroatoms. The van der Waals surface area contributed by atoms with Gasteiger partial charge in [-0.3, -0.25) is 9.59 Å². The van der Waals surface area contributed by atoms with Crippen LogP contribution in [0, 0.1) is 23.0 Å². The minimum Gasteiger partial charge on any atom is -0.395 e. The molecule has 0 fully saturated rings. The Bertz CT molecular complexity index is 1040. The van der Waals surface area contributed by atoms with E-state index in [1.165, 1.54) is 12.1 Å². The Labute approximate surface area is 241 Å². The van der Waals surface area contributed by atoms with Crippen LogP contribution in [0.2, 0.25) is 0 Å². The van der Waals surface area contributed by atoms with E-state index in [0.717, 1.165) is 24.7 Å². The van der Waals surface area contributed by atoms with E-state index in [2.05, 4.69) is 5.32 Å². The summed E-state index contributed by atoms with van der Waals surface area (Å²) in [5.41, 5.74) is 5.88. The highest BCUT2D eigenvalue weighted by atomic mass is 32.2. The zero-order chi connectivity index (χ0) is 29.9. The zero-order valence-corrected chi connectivity index (χ0v) is 24.9. The number of nitrogens with one attached hydrogen (secondary N) is 1. The lowest BCUT2D eigenvalue weighted by atomic mass is 9.63. The van der Waals surface area contributed by atoms with Crippen molar-refractivity contribution in [2.45, 2.75) is 65.0 Å². The fourth-order valence-corrected chi connectivity index (χ4v) is 6.03. The van der Waals surface area contributed by atoms with Crippen LogP contribution in [-0.4, -0.2) is 77.3 Å². The SMILES string of the molecule is CCCN(CCC)C(=O)C1=CC(C)=CC(C(N)=O)([C@H](Cc2cc(F)cc(F)c2)[C@@H](O)CNC(CO)CCSC)C1. The molecule has 0 spiro atoms. The van der Waals surface area contributed by atoms with Gasteiger partial charge in [0.1, 0.15) is 11.6 Å². The molecule has 0 bridgehead atoms. The molecule has 5 N–H and O–H groups in total. The van der Waals surface area contributed by atoms with Crippen LogP contribution in [0.3, 0.4) is 0 Å². The number of carbonyl (C=O) groups is 2. The third kappa shape index (κ3) is 9.12. The average molecular weight is 582 g/mol. The molecule has 0 radical (unpaired) electrons. The summed E-state index contributed by atoms with van der Waals surface area (Å²) < 4.78 is 28.3. The summed E-state index contributed by atoms with van der Waals surface area (Å²) in [6.45, 7) is 6.73. The summed E-state index contributed by atoms with van der Waals surface area (Å²) in [7, 11) is 0. The van der Waals surface area contributed by atoms with Crippen molar-refractivity contribution in [3.05, 3.63) is 58.7 Å². The Morgan fingerprint density at radius 2 is 1.80 bits per heavy atom. The van der Waals surface area contributed by atoms with E-state index >= 15 is 0 Å². The van der Waals surface area contributed by atoms with Gasteiger partial charge in [0.2, 0.25) is 11.8 Å². The maximum absolute atomic E-state index is 14.2. The number of aliphatic hydroxyl groups excluding tert-OH is 2. The smallest absolute Gasteiger partial charge is 0.249 e. The van der Waals surface area contributed by atoms with Gasteiger partial charge in [0.05, 0.1) is 18.1 Å². The maximum atomic E-state index is 14.2. The van der Waals surface area contributed by atoms with Crippen molar-refractivity contribution < 1.29 is 28.6 Å². The number of amides is 2. The summed E-state index contributed by atoms with van der Waals surface area (Å²) in [4.78, 5) is 28.7. The standard InChI is InChI=1S/C30H45F2N3O4S/c1-5-8-35(9-6-2)28(38)22-11-20(3)16-30(17-22,29(33)39)26(14-21-12-23(31)15-24(32)13-21)27(37)18-34-25(19-36)7-10-40-4/h11-13,15-16,25-27,34,36-37H,5-10,14,17-19H2,1-4H3,(H2,33,39)/t25?,26-,27+,30?/m1/s1. The quantitative estimate of drug-likeness (QED) is 0.224. The molecule has 40 heavy (non-hydrogen) atoms. The lowest BCUT2D eigenvalue weighted by Crippen LogP contribution is -2.52. The van der Waals surface area contributed by atoms with E-state index in [9.17, 15) is 28.6 Å². The van der Waals surface area contributed by atoms with E-state index in [-0.39, 0.29) is 43.5 Å². The van der Waals surface area contributed by atoms with E-state index in [1.807, 2.05) is 20.1 Å². The fourth-order valence-electron chi connectivity index (χ4n) is 5.51. The summed E-state index contributed by atoms with van der Waals surface area (Å²) in [5, 5.41) is 24.5. The molecule has 0 aliphatic heterocycles. The van der Waals surface area contributed by atoms with Crippen molar-refractivity contribution in [2.24, 2.45) is 17.1 Å². The number of halogens is 2. The van der Waals surface area contributed by atoms with Gasteiger partial charge in [-0.2, -0.15) is 11.8 Å². The third-order valence-corrected chi connectivity index (χ3v) is 8.03. The predicted octanol–water partition coefficient (Wildman–Crippen LogP) is 3.58. The summed E-state index contributed by atoms with van der Waals surface area (Å²) in [5.74, 6) is -2.58. The van der Waals surface area contributed by atoms with Crippen LogP contribution < -0.4 is 11.1 Å². The highest BCUT2D eigenvalue weighted by Crippen LogP contribution is 2.44. The first-order chi connectivity index (χ1) is 19.0. The van der Waals surface area contributed by atoms with Gasteiger partial charge >= 0.3 is 0 Å². The van der Waals surface area contributed by atoms with Crippen LogP contribution in [-0.2, 0) is 16.0 Å². The molecule has 1 aromatic carbocycles. The first-order valence-electron chi connectivity index (χ1n) is 14.0. The number of nitrogens with two attached hydrogens (primary N) is 1. The van der Waals surface area contributed by atoms with Gasteiger partial charge < -0.3 is 26.2 Å². The highest BCUT2D eigenvalue weighted by Gasteiger charge is 2.48. The van der Waals surface area contributed by atoms with E-state index in [1.54, 1.807) is 35.7 Å². The van der Waals surface area contributed by atoms with E-state index in [0.29, 0.717) is 30.7 Å². The molecule has 4 atom stereocenters. The second-order valence-corrected chi connectivity index (χ2v) is 11.6. The molecule has 2 unspecified atom stereocenters. The summed E-state index contributed by atoms with van der Waals surface area (Å²) in [6, 6.07) is 2.82. The van der Waals surface area contributed by atoms with Crippen LogP contribution in [0.25, 0.3) is 0 Å². The van der Waals surface area contributed by atoms with Gasteiger partial charge in [0.15, 0.2) is 0 Å². The van der Waals surface area contributed by atoms with Gasteiger partial charge in [0.25, 0.3) is 0 Å². The Kier molecular flexibility index (Phi) is 13.8. The highest BCUT2D eigenvalue weighted by molar-refractivity contribution is 7.98. The normalized spacial score (nSPS) is 19.4. The van der Waals surface area contributed by atoms with Gasteiger partial charge in [0, 0.05) is 43.2 Å². The molecule has 1 aromatic rings. The third-order valence-electron chi connectivity index (χ3n) is 7.39. The monoisotopic (exact) mass is 581 g/mol. The summed E-state index contributed by atoms with van der Waals surface area (Å²) >= 11 is 1.63. The van der Waals surface area contributed by atoms with Gasteiger partial charge in [-0.05, 0) is 68.7 Å². The molecule has 2 rings (SSSR count). The fraction of sp³-hybridized carbons (Fsp3) is 0.600. The number of hydrogen-bond acceptors (Lipinski definition) is 6. The van der Waals surface area contributed by atoms with Crippen LogP contribution >= 0.6 is 11.8 Å². The average Bonchev–Trinajstić information content (AvgIpc) is 2.90. The lowest BCUT2D eigenvalue weighted by Gasteiger charge is -2.42. The second kappa shape index (κ2) is 16.2. The number of hydrogen-bond donors (Lipinski definition) is 4. The lowest BCUT2D eigenvalue weighted by molar-refractivity contribution is -0.132. The van der Waals surface area contributed by atoms with Gasteiger partial charge in [-0.15, -0.1) is 0 Å². The van der Waals surface area contributed by atoms with Crippen molar-refractivity contribution >= 4 is 23.6 Å². The number of primary amides is 1. The number of thioether (sulfide) groups is 1. The van der Waals surface area contributed by atoms with Crippen molar-refractivity contribution in [1.82, 2.24) is 10.2 Å². The summed E-state index contributed by atoms with van der Waals surface area (Å²) in [6.07, 6.45) is 6.29. The molecule has 0 aromatic heterocycles. The number of aliphatic hydroxyl groups is 2. The van der Waals surface area contributed by atoms with Crippen LogP contribution in [0.4, 0.5) is 8.78 Å². The largest absolute Gasteiger partial charge is 0.395 e. The van der Waals surface area contributed by atoms with Crippen molar-refractivity contribution in [2.75, 3.05) is 38.2 Å². The number of allylic oxidation sites excluding steroid dienone is 2.